The second kappa shape index (κ2) is 8.35. The van der Waals surface area contributed by atoms with Gasteiger partial charge in [0.25, 0.3) is 5.91 Å². The van der Waals surface area contributed by atoms with E-state index in [0.717, 1.165) is 32.0 Å². The molecule has 4 heterocycles. The van der Waals surface area contributed by atoms with Crippen molar-refractivity contribution in [3.8, 4) is 0 Å². The first kappa shape index (κ1) is 21.6. The average molecular weight is 434 g/mol. The van der Waals surface area contributed by atoms with Crippen LogP contribution in [0.3, 0.4) is 0 Å². The SMILES string of the molecule is Cl.O=C(C1=NOC2(CCNCC2)C1)N1CCN(c2ncccc2C(F)(F)F)CC1. The Hall–Kier alpha value is -2.07. The van der Waals surface area contributed by atoms with Gasteiger partial charge in [0, 0.05) is 51.6 Å². The van der Waals surface area contributed by atoms with Crippen LogP contribution < -0.4 is 10.2 Å². The van der Waals surface area contributed by atoms with E-state index in [2.05, 4.69) is 15.5 Å². The standard InChI is InChI=1S/C18H22F3N5O2.ClH/c19-18(20,21)13-2-1-5-23-15(13)25-8-10-26(11-9-25)16(27)14-12-17(28-24-14)3-6-22-7-4-17;/h1-2,5,22H,3-4,6-12H2;1H. The number of pyridine rings is 1. The molecular formula is C18H23ClF3N5O2. The molecule has 1 aromatic rings. The number of oxime groups is 1. The fourth-order valence-electron chi connectivity index (χ4n) is 3.96. The van der Waals surface area contributed by atoms with Gasteiger partial charge in [-0.1, -0.05) is 5.16 Å². The van der Waals surface area contributed by atoms with Crippen LogP contribution in [0.2, 0.25) is 0 Å². The summed E-state index contributed by atoms with van der Waals surface area (Å²) in [5.74, 6) is -0.274. The number of hydrogen-bond acceptors (Lipinski definition) is 6. The van der Waals surface area contributed by atoms with Gasteiger partial charge in [-0.15, -0.1) is 12.4 Å². The van der Waals surface area contributed by atoms with Crippen LogP contribution in [0.5, 0.6) is 0 Å². The Morgan fingerprint density at radius 2 is 1.86 bits per heavy atom. The van der Waals surface area contributed by atoms with E-state index in [9.17, 15) is 18.0 Å². The van der Waals surface area contributed by atoms with E-state index in [1.165, 1.54) is 12.3 Å². The van der Waals surface area contributed by atoms with Crippen molar-refractivity contribution in [2.75, 3.05) is 44.2 Å². The van der Waals surface area contributed by atoms with Gasteiger partial charge in [-0.25, -0.2) is 4.98 Å². The number of halogens is 4. The Morgan fingerprint density at radius 3 is 2.52 bits per heavy atom. The number of nitrogens with one attached hydrogen (secondary N) is 1. The lowest BCUT2D eigenvalue weighted by Crippen LogP contribution is -2.51. The summed E-state index contributed by atoms with van der Waals surface area (Å²) in [6.45, 7) is 2.88. The van der Waals surface area contributed by atoms with Crippen molar-refractivity contribution >= 4 is 29.8 Å². The second-order valence-corrected chi connectivity index (χ2v) is 7.39. The van der Waals surface area contributed by atoms with E-state index in [1.54, 1.807) is 9.80 Å². The lowest BCUT2D eigenvalue weighted by molar-refractivity contribution is -0.137. The van der Waals surface area contributed by atoms with Crippen LogP contribution in [0.25, 0.3) is 0 Å². The molecule has 160 valence electrons. The number of carbonyl (C=O) groups excluding carboxylic acids is 1. The van der Waals surface area contributed by atoms with Crippen LogP contribution in [0.1, 0.15) is 24.8 Å². The number of aromatic nitrogens is 1. The van der Waals surface area contributed by atoms with Gasteiger partial charge >= 0.3 is 6.18 Å². The molecule has 0 atom stereocenters. The summed E-state index contributed by atoms with van der Waals surface area (Å²) < 4.78 is 39.7. The number of carbonyl (C=O) groups is 1. The van der Waals surface area contributed by atoms with Crippen molar-refractivity contribution in [2.45, 2.75) is 31.0 Å². The third-order valence-corrected chi connectivity index (χ3v) is 5.56. The van der Waals surface area contributed by atoms with Gasteiger partial charge < -0.3 is 20.0 Å². The van der Waals surface area contributed by atoms with Gasteiger partial charge in [0.1, 0.15) is 17.1 Å². The molecule has 0 bridgehead atoms. The maximum absolute atomic E-state index is 13.2. The van der Waals surface area contributed by atoms with Crippen molar-refractivity contribution in [2.24, 2.45) is 5.16 Å². The molecule has 29 heavy (non-hydrogen) atoms. The van der Waals surface area contributed by atoms with E-state index in [4.69, 9.17) is 4.84 Å². The third kappa shape index (κ3) is 4.42. The highest BCUT2D eigenvalue weighted by Gasteiger charge is 2.43. The Morgan fingerprint density at radius 1 is 1.17 bits per heavy atom. The molecule has 3 aliphatic rings. The molecule has 7 nitrogen and oxygen atoms in total. The minimum atomic E-state index is -4.46. The molecule has 2 fully saturated rings. The van der Waals surface area contributed by atoms with Crippen LogP contribution >= 0.6 is 12.4 Å². The molecule has 1 N–H and O–H groups in total. The number of alkyl halides is 3. The van der Waals surface area contributed by atoms with E-state index in [1.807, 2.05) is 0 Å². The molecule has 1 spiro atoms. The minimum Gasteiger partial charge on any atom is -0.388 e. The second-order valence-electron chi connectivity index (χ2n) is 7.39. The molecule has 11 heteroatoms. The lowest BCUT2D eigenvalue weighted by Gasteiger charge is -2.36. The number of anilines is 1. The normalized spacial score (nSPS) is 21.4. The number of nitrogens with zero attached hydrogens (tertiary/aromatic N) is 4. The van der Waals surface area contributed by atoms with Gasteiger partial charge in [-0.3, -0.25) is 4.79 Å². The highest BCUT2D eigenvalue weighted by molar-refractivity contribution is 6.39. The average Bonchev–Trinajstić information content (AvgIpc) is 3.10. The highest BCUT2D eigenvalue weighted by atomic mass is 35.5. The zero-order valence-electron chi connectivity index (χ0n) is 15.7. The highest BCUT2D eigenvalue weighted by Crippen LogP contribution is 2.36. The van der Waals surface area contributed by atoms with Gasteiger partial charge in [0.15, 0.2) is 0 Å². The fraction of sp³-hybridized carbons (Fsp3) is 0.611. The van der Waals surface area contributed by atoms with Crippen molar-refractivity contribution in [1.29, 1.82) is 0 Å². The smallest absolute Gasteiger partial charge is 0.388 e. The monoisotopic (exact) mass is 433 g/mol. The first-order valence-electron chi connectivity index (χ1n) is 9.40. The van der Waals surface area contributed by atoms with Crippen LogP contribution in [0.15, 0.2) is 23.5 Å². The van der Waals surface area contributed by atoms with Gasteiger partial charge in [-0.2, -0.15) is 13.2 Å². The predicted molar refractivity (Wildman–Crippen MR) is 103 cm³/mol. The van der Waals surface area contributed by atoms with Crippen molar-refractivity contribution < 1.29 is 22.8 Å². The Kier molecular flexibility index (Phi) is 6.23. The van der Waals surface area contributed by atoms with Crippen LogP contribution in [-0.2, 0) is 15.8 Å². The first-order valence-corrected chi connectivity index (χ1v) is 9.40. The maximum Gasteiger partial charge on any atom is 0.419 e. The first-order chi connectivity index (χ1) is 13.4. The van der Waals surface area contributed by atoms with E-state index in [-0.39, 0.29) is 42.8 Å². The molecule has 4 rings (SSSR count). The number of piperazine rings is 1. The van der Waals surface area contributed by atoms with Crippen LogP contribution in [0, 0.1) is 0 Å². The van der Waals surface area contributed by atoms with Crippen molar-refractivity contribution in [3.63, 3.8) is 0 Å². The molecule has 0 aromatic carbocycles. The molecule has 0 radical (unpaired) electrons. The summed E-state index contributed by atoms with van der Waals surface area (Å²) in [5.41, 5.74) is -0.728. The van der Waals surface area contributed by atoms with Gasteiger partial charge in [0.2, 0.25) is 0 Å². The lowest BCUT2D eigenvalue weighted by atomic mass is 9.87. The Labute approximate surface area is 172 Å². The Bertz CT molecular complexity index is 775. The predicted octanol–water partition coefficient (Wildman–Crippen LogP) is 2.07. The number of hydrogen-bond donors (Lipinski definition) is 1. The molecular weight excluding hydrogens is 411 g/mol. The van der Waals surface area contributed by atoms with Gasteiger partial charge in [-0.05, 0) is 25.2 Å². The number of amides is 1. The van der Waals surface area contributed by atoms with Crippen LogP contribution in [-0.4, -0.2) is 66.4 Å². The van der Waals surface area contributed by atoms with E-state index in [0.29, 0.717) is 25.2 Å². The van der Waals surface area contributed by atoms with Crippen LogP contribution in [0.4, 0.5) is 19.0 Å². The summed E-state index contributed by atoms with van der Waals surface area (Å²) >= 11 is 0. The largest absolute Gasteiger partial charge is 0.419 e. The summed E-state index contributed by atoms with van der Waals surface area (Å²) in [7, 11) is 0. The summed E-state index contributed by atoms with van der Waals surface area (Å²) in [6, 6.07) is 2.31. The molecule has 1 aromatic heterocycles. The van der Waals surface area contributed by atoms with E-state index < -0.39 is 11.7 Å². The molecule has 0 aliphatic carbocycles. The number of rotatable bonds is 2. The summed E-state index contributed by atoms with van der Waals surface area (Å²) in [5, 5.41) is 7.30. The molecule has 1 amide bonds. The summed E-state index contributed by atoms with van der Waals surface area (Å²) in [6.07, 6.45) is -1.01. The maximum atomic E-state index is 13.2. The van der Waals surface area contributed by atoms with E-state index >= 15 is 0 Å². The summed E-state index contributed by atoms with van der Waals surface area (Å²) in [4.78, 5) is 25.5. The third-order valence-electron chi connectivity index (χ3n) is 5.56. The Balaban J connectivity index is 0.00000240. The zero-order chi connectivity index (χ0) is 19.8. The number of piperidine rings is 1. The molecule has 0 saturated carbocycles. The molecule has 3 aliphatic heterocycles. The van der Waals surface area contributed by atoms with Crippen molar-refractivity contribution in [3.05, 3.63) is 23.9 Å². The zero-order valence-corrected chi connectivity index (χ0v) is 16.6. The molecule has 2 saturated heterocycles. The fourth-order valence-corrected chi connectivity index (χ4v) is 3.96. The minimum absolute atomic E-state index is 0. The molecule has 0 unspecified atom stereocenters. The van der Waals surface area contributed by atoms with Crippen molar-refractivity contribution in [1.82, 2.24) is 15.2 Å². The topological polar surface area (TPSA) is 70.1 Å². The van der Waals surface area contributed by atoms with Gasteiger partial charge in [0.05, 0.1) is 5.56 Å². The quantitative estimate of drug-likeness (QED) is 0.773.